The Hall–Kier alpha value is -3.23. The van der Waals surface area contributed by atoms with Crippen LogP contribution in [0.3, 0.4) is 0 Å². The van der Waals surface area contributed by atoms with Gasteiger partial charge in [0.2, 0.25) is 0 Å². The molecule has 0 aliphatic carbocycles. The van der Waals surface area contributed by atoms with E-state index in [9.17, 15) is 14.7 Å². The number of aliphatic hydroxyl groups excluding tert-OH is 1. The smallest absolute Gasteiger partial charge is 0.295 e. The van der Waals surface area contributed by atoms with Gasteiger partial charge in [-0.15, -0.1) is 0 Å². The predicted molar refractivity (Wildman–Crippen MR) is 113 cm³/mol. The molecule has 0 spiro atoms. The Morgan fingerprint density at radius 3 is 2.77 bits per heavy atom. The molecule has 2 fully saturated rings. The molecule has 4 rings (SSSR count). The van der Waals surface area contributed by atoms with Gasteiger partial charge < -0.3 is 24.4 Å². The van der Waals surface area contributed by atoms with Crippen molar-refractivity contribution in [1.29, 1.82) is 0 Å². The number of likely N-dealkylation sites (tertiary alicyclic amines) is 1. The van der Waals surface area contributed by atoms with E-state index in [-0.39, 0.29) is 11.3 Å². The van der Waals surface area contributed by atoms with Gasteiger partial charge in [0.25, 0.3) is 11.7 Å². The van der Waals surface area contributed by atoms with Crippen LogP contribution >= 0.6 is 0 Å². The second kappa shape index (κ2) is 9.28. The van der Waals surface area contributed by atoms with E-state index < -0.39 is 17.7 Å². The number of ketones is 1. The average Bonchev–Trinajstić information content (AvgIpc) is 3.08. The molecule has 1 atom stereocenters. The summed E-state index contributed by atoms with van der Waals surface area (Å²) in [6.07, 6.45) is 3.26. The molecule has 8 heteroatoms. The molecule has 2 aliphatic rings. The zero-order valence-electron chi connectivity index (χ0n) is 17.4. The van der Waals surface area contributed by atoms with Crippen LogP contribution in [-0.2, 0) is 14.3 Å². The van der Waals surface area contributed by atoms with Crippen molar-refractivity contribution in [2.75, 3.05) is 46.5 Å². The number of hydrogen-bond acceptors (Lipinski definition) is 6. The normalized spacial score (nSPS) is 21.5. The van der Waals surface area contributed by atoms with E-state index >= 15 is 0 Å². The molecule has 0 bridgehead atoms. The van der Waals surface area contributed by atoms with E-state index in [1.54, 1.807) is 47.6 Å². The lowest BCUT2D eigenvalue weighted by Gasteiger charge is -2.29. The lowest BCUT2D eigenvalue weighted by molar-refractivity contribution is -0.907. The largest absolute Gasteiger partial charge is 0.507 e. The third-order valence-corrected chi connectivity index (χ3v) is 5.79. The Morgan fingerprint density at radius 1 is 1.26 bits per heavy atom. The number of benzene rings is 1. The number of morpholine rings is 1. The molecule has 1 amide bonds. The molecule has 1 aromatic heterocycles. The highest BCUT2D eigenvalue weighted by molar-refractivity contribution is 6.46. The van der Waals surface area contributed by atoms with Gasteiger partial charge in [0, 0.05) is 18.0 Å². The Bertz CT molecular complexity index is 986. The fourth-order valence-electron chi connectivity index (χ4n) is 4.11. The van der Waals surface area contributed by atoms with Crippen LogP contribution in [0.4, 0.5) is 0 Å². The Labute approximate surface area is 180 Å². The van der Waals surface area contributed by atoms with Crippen molar-refractivity contribution in [3.63, 3.8) is 0 Å². The van der Waals surface area contributed by atoms with Crippen molar-refractivity contribution in [3.8, 4) is 5.75 Å². The summed E-state index contributed by atoms with van der Waals surface area (Å²) in [7, 11) is 1.53. The van der Waals surface area contributed by atoms with Gasteiger partial charge in [0.05, 0.1) is 45.0 Å². The SMILES string of the molecule is COc1cccc(/C(O)=C2\C(=O)C(=O)N(CC[NH+]3CCOCC3)[C@H]2c2cccnc2)c1. The second-order valence-electron chi connectivity index (χ2n) is 7.62. The van der Waals surface area contributed by atoms with Crippen molar-refractivity contribution in [2.45, 2.75) is 6.04 Å². The van der Waals surface area contributed by atoms with Gasteiger partial charge in [-0.25, -0.2) is 0 Å². The third kappa shape index (κ3) is 4.30. The first-order valence-electron chi connectivity index (χ1n) is 10.3. The standard InChI is InChI=1S/C23H25N3O5/c1-30-18-6-2-4-16(14-18)21(27)19-20(17-5-3-7-24-15-17)26(23(29)22(19)28)9-8-25-10-12-31-13-11-25/h2-7,14-15,20,27H,8-13H2,1H3/p+1/b21-19+/t20-/m0/s1. The van der Waals surface area contributed by atoms with Crippen molar-refractivity contribution in [1.82, 2.24) is 9.88 Å². The van der Waals surface area contributed by atoms with E-state index in [0.29, 0.717) is 43.2 Å². The Kier molecular flexibility index (Phi) is 6.29. The maximum atomic E-state index is 13.0. The van der Waals surface area contributed by atoms with Gasteiger partial charge in [0.1, 0.15) is 24.6 Å². The van der Waals surface area contributed by atoms with E-state index in [0.717, 1.165) is 13.1 Å². The Balaban J connectivity index is 1.72. The van der Waals surface area contributed by atoms with E-state index in [1.807, 2.05) is 6.07 Å². The summed E-state index contributed by atoms with van der Waals surface area (Å²) in [6, 6.07) is 9.68. The van der Waals surface area contributed by atoms with Gasteiger partial charge in [-0.05, 0) is 23.8 Å². The summed E-state index contributed by atoms with van der Waals surface area (Å²) in [4.78, 5) is 33.1. The molecule has 2 N–H and O–H groups in total. The number of methoxy groups -OCH3 is 1. The van der Waals surface area contributed by atoms with E-state index in [2.05, 4.69) is 4.98 Å². The number of hydrogen-bond donors (Lipinski definition) is 2. The van der Waals surface area contributed by atoms with Crippen LogP contribution in [0.25, 0.3) is 5.76 Å². The summed E-state index contributed by atoms with van der Waals surface area (Å²) in [6.45, 7) is 4.21. The number of carbonyl (C=O) groups excluding carboxylic acids is 2. The van der Waals surface area contributed by atoms with Crippen LogP contribution in [0.2, 0.25) is 0 Å². The molecular weight excluding hydrogens is 398 g/mol. The van der Waals surface area contributed by atoms with Crippen molar-refractivity contribution < 1.29 is 29.1 Å². The third-order valence-electron chi connectivity index (χ3n) is 5.79. The molecular formula is C23H26N3O5+. The highest BCUT2D eigenvalue weighted by Gasteiger charge is 2.46. The number of aromatic nitrogens is 1. The van der Waals surface area contributed by atoms with E-state index in [4.69, 9.17) is 9.47 Å². The average molecular weight is 424 g/mol. The molecule has 8 nitrogen and oxygen atoms in total. The van der Waals surface area contributed by atoms with Crippen LogP contribution in [0.15, 0.2) is 54.4 Å². The van der Waals surface area contributed by atoms with Crippen LogP contribution in [0, 0.1) is 0 Å². The van der Waals surface area contributed by atoms with Crippen molar-refractivity contribution in [3.05, 3.63) is 65.5 Å². The van der Waals surface area contributed by atoms with Crippen molar-refractivity contribution >= 4 is 17.4 Å². The van der Waals surface area contributed by atoms with Gasteiger partial charge in [0.15, 0.2) is 0 Å². The number of Topliss-reactive ketones (excluding diaryl/α,β-unsaturated/α-hetero) is 1. The van der Waals surface area contributed by atoms with Gasteiger partial charge in [-0.1, -0.05) is 18.2 Å². The number of pyridine rings is 1. The minimum absolute atomic E-state index is 0.0724. The van der Waals surface area contributed by atoms with E-state index in [1.165, 1.54) is 12.0 Å². The summed E-state index contributed by atoms with van der Waals surface area (Å²) >= 11 is 0. The lowest BCUT2D eigenvalue weighted by Crippen LogP contribution is -3.14. The first-order chi connectivity index (χ1) is 15.1. The molecule has 2 aliphatic heterocycles. The summed E-state index contributed by atoms with van der Waals surface area (Å²) in [5, 5.41) is 11.1. The maximum absolute atomic E-state index is 13.0. The zero-order valence-corrected chi connectivity index (χ0v) is 17.4. The number of amides is 1. The number of aliphatic hydroxyl groups is 1. The highest BCUT2D eigenvalue weighted by atomic mass is 16.5. The molecule has 162 valence electrons. The summed E-state index contributed by atoms with van der Waals surface area (Å²) in [5.41, 5.74) is 1.18. The molecule has 0 saturated carbocycles. The van der Waals surface area contributed by atoms with Gasteiger partial charge >= 0.3 is 0 Å². The van der Waals surface area contributed by atoms with Crippen LogP contribution in [0.5, 0.6) is 5.75 Å². The number of ether oxygens (including phenoxy) is 2. The van der Waals surface area contributed by atoms with Crippen LogP contribution < -0.4 is 9.64 Å². The van der Waals surface area contributed by atoms with Gasteiger partial charge in [-0.3, -0.25) is 14.6 Å². The maximum Gasteiger partial charge on any atom is 0.295 e. The number of nitrogens with one attached hydrogen (secondary N) is 1. The number of quaternary nitrogens is 1. The minimum atomic E-state index is -0.694. The zero-order chi connectivity index (χ0) is 21.8. The Morgan fingerprint density at radius 2 is 2.06 bits per heavy atom. The van der Waals surface area contributed by atoms with Crippen molar-refractivity contribution in [2.24, 2.45) is 0 Å². The number of rotatable bonds is 6. The summed E-state index contributed by atoms with van der Waals surface area (Å²) < 4.78 is 10.6. The van der Waals surface area contributed by atoms with Crippen LogP contribution in [0.1, 0.15) is 17.2 Å². The molecule has 2 aromatic rings. The number of carbonyl (C=O) groups is 2. The quantitative estimate of drug-likeness (QED) is 0.397. The fourth-order valence-corrected chi connectivity index (χ4v) is 4.11. The topological polar surface area (TPSA) is 93.4 Å². The monoisotopic (exact) mass is 424 g/mol. The fraction of sp³-hybridized carbons (Fsp3) is 0.348. The van der Waals surface area contributed by atoms with Crippen LogP contribution in [-0.4, -0.2) is 73.2 Å². The molecule has 3 heterocycles. The second-order valence-corrected chi connectivity index (χ2v) is 7.62. The first-order valence-corrected chi connectivity index (χ1v) is 10.3. The molecule has 31 heavy (non-hydrogen) atoms. The lowest BCUT2D eigenvalue weighted by atomic mass is 9.96. The molecule has 1 aromatic carbocycles. The minimum Gasteiger partial charge on any atom is -0.507 e. The predicted octanol–water partition coefficient (Wildman–Crippen LogP) is 0.427. The molecule has 0 radical (unpaired) electrons. The molecule has 2 saturated heterocycles. The van der Waals surface area contributed by atoms with Gasteiger partial charge in [-0.2, -0.15) is 0 Å². The highest BCUT2D eigenvalue weighted by Crippen LogP contribution is 2.39. The first kappa shape index (κ1) is 21.0. The molecule has 0 unspecified atom stereocenters. The number of nitrogens with zero attached hydrogens (tertiary/aromatic N) is 2. The summed E-state index contributed by atoms with van der Waals surface area (Å²) in [5.74, 6) is -0.962.